The number of anilines is 1. The average molecular weight is 528 g/mol. The summed E-state index contributed by atoms with van der Waals surface area (Å²) in [5.41, 5.74) is 3.75. The number of rotatable bonds is 8. The van der Waals surface area contributed by atoms with E-state index in [-0.39, 0.29) is 41.5 Å². The number of carbonyl (C=O) groups excluding carboxylic acids is 1. The molecule has 1 fully saturated rings. The first-order chi connectivity index (χ1) is 18.1. The Morgan fingerprint density at radius 2 is 1.92 bits per heavy atom. The molecule has 7 nitrogen and oxygen atoms in total. The molecule has 1 aliphatic rings. The van der Waals surface area contributed by atoms with Crippen molar-refractivity contribution in [1.82, 2.24) is 19.9 Å². The van der Waals surface area contributed by atoms with Crippen molar-refractivity contribution >= 4 is 17.2 Å². The van der Waals surface area contributed by atoms with Gasteiger partial charge in [-0.05, 0) is 62.1 Å². The summed E-state index contributed by atoms with van der Waals surface area (Å²) in [5, 5.41) is 10.2. The van der Waals surface area contributed by atoms with Crippen LogP contribution in [-0.4, -0.2) is 39.3 Å². The summed E-state index contributed by atoms with van der Waals surface area (Å²) in [5.74, 6) is -0.396. The van der Waals surface area contributed by atoms with Crippen LogP contribution >= 0.6 is 0 Å². The Morgan fingerprint density at radius 3 is 2.61 bits per heavy atom. The van der Waals surface area contributed by atoms with Crippen molar-refractivity contribution in [1.29, 1.82) is 0 Å². The van der Waals surface area contributed by atoms with Crippen LogP contribution in [0.3, 0.4) is 0 Å². The largest absolute Gasteiger partial charge is 0.437 e. The Morgan fingerprint density at radius 1 is 1.13 bits per heavy atom. The van der Waals surface area contributed by atoms with E-state index in [0.717, 1.165) is 18.4 Å². The highest BCUT2D eigenvalue weighted by atomic mass is 19.4. The minimum Gasteiger partial charge on any atom is -0.437 e. The minimum absolute atomic E-state index is 0.0356. The number of hydrogen-bond acceptors (Lipinski definition) is 5. The van der Waals surface area contributed by atoms with Gasteiger partial charge in [-0.15, -0.1) is 5.10 Å². The fourth-order valence-corrected chi connectivity index (χ4v) is 4.11. The van der Waals surface area contributed by atoms with Crippen molar-refractivity contribution in [2.45, 2.75) is 45.3 Å². The zero-order chi connectivity index (χ0) is 27.0. The van der Waals surface area contributed by atoms with Gasteiger partial charge in [0, 0.05) is 35.8 Å². The van der Waals surface area contributed by atoms with Crippen molar-refractivity contribution < 1.29 is 27.1 Å². The van der Waals surface area contributed by atoms with E-state index in [4.69, 9.17) is 4.74 Å². The number of hydrogen-bond donors (Lipinski definition) is 2. The van der Waals surface area contributed by atoms with Gasteiger partial charge in [0.25, 0.3) is 5.91 Å². The summed E-state index contributed by atoms with van der Waals surface area (Å²) in [6, 6.07) is 11.1. The Labute approximate surface area is 215 Å². The molecule has 1 amide bonds. The van der Waals surface area contributed by atoms with Crippen LogP contribution in [0.15, 0.2) is 48.7 Å². The number of carbonyl (C=O) groups is 1. The molecule has 0 saturated heterocycles. The zero-order valence-corrected chi connectivity index (χ0v) is 20.7. The molecule has 2 N–H and O–H groups in total. The van der Waals surface area contributed by atoms with Crippen LogP contribution in [0.1, 0.15) is 40.7 Å². The van der Waals surface area contributed by atoms with Crippen LogP contribution in [0.2, 0.25) is 0 Å². The molecule has 1 saturated carbocycles. The average Bonchev–Trinajstić information content (AvgIpc) is 3.52. The molecule has 11 heteroatoms. The fourth-order valence-electron chi connectivity index (χ4n) is 4.11. The molecule has 0 atom stereocenters. The molecule has 198 valence electrons. The first-order valence-corrected chi connectivity index (χ1v) is 12.1. The molecule has 5 rings (SSSR count). The highest BCUT2D eigenvalue weighted by Crippen LogP contribution is 2.31. The number of imidazole rings is 1. The van der Waals surface area contributed by atoms with Crippen molar-refractivity contribution in [3.05, 3.63) is 71.2 Å². The third-order valence-electron chi connectivity index (χ3n) is 6.09. The summed E-state index contributed by atoms with van der Waals surface area (Å²) in [6.45, 7) is 3.16. The second-order valence-electron chi connectivity index (χ2n) is 9.41. The number of nitrogens with one attached hydrogen (secondary N) is 2. The van der Waals surface area contributed by atoms with E-state index in [2.05, 4.69) is 20.7 Å². The summed E-state index contributed by atoms with van der Waals surface area (Å²) in [4.78, 5) is 16.9. The molecule has 0 unspecified atom stereocenters. The SMILES string of the molecule is Cc1cc(F)cc(Oc2cc(NCCC(F)(F)F)c3ncc(-c4ccc(C(=O)NC5CC5)c(C)c4)n3n2)c1. The molecule has 2 heterocycles. The summed E-state index contributed by atoms with van der Waals surface area (Å²) >= 11 is 0. The second kappa shape index (κ2) is 9.96. The Kier molecular flexibility index (Phi) is 6.68. The lowest BCUT2D eigenvalue weighted by Crippen LogP contribution is -2.26. The van der Waals surface area contributed by atoms with Crippen LogP contribution < -0.4 is 15.4 Å². The molecule has 0 bridgehead atoms. The van der Waals surface area contributed by atoms with Gasteiger partial charge in [0.2, 0.25) is 5.88 Å². The van der Waals surface area contributed by atoms with E-state index >= 15 is 0 Å². The Bertz CT molecular complexity index is 1490. The molecule has 4 aromatic rings. The van der Waals surface area contributed by atoms with E-state index in [9.17, 15) is 22.4 Å². The number of benzene rings is 2. The van der Waals surface area contributed by atoms with Crippen molar-refractivity contribution in [3.63, 3.8) is 0 Å². The molecular formula is C27H25F4N5O2. The summed E-state index contributed by atoms with van der Waals surface area (Å²) < 4.78 is 59.5. The highest BCUT2D eigenvalue weighted by molar-refractivity contribution is 5.96. The van der Waals surface area contributed by atoms with Gasteiger partial charge in [0.1, 0.15) is 11.6 Å². The lowest BCUT2D eigenvalue weighted by Gasteiger charge is -2.13. The third kappa shape index (κ3) is 5.87. The number of alkyl halides is 3. The fraction of sp³-hybridized carbons (Fsp3) is 0.296. The number of fused-ring (bicyclic) bond motifs is 1. The Hall–Kier alpha value is -4.15. The molecule has 2 aromatic heterocycles. The van der Waals surface area contributed by atoms with Gasteiger partial charge in [0.15, 0.2) is 5.65 Å². The monoisotopic (exact) mass is 527 g/mol. The number of ether oxygens (including phenoxy) is 1. The first-order valence-electron chi connectivity index (χ1n) is 12.1. The van der Waals surface area contributed by atoms with Gasteiger partial charge in [-0.25, -0.2) is 13.9 Å². The molecular weight excluding hydrogens is 502 g/mol. The molecule has 2 aromatic carbocycles. The molecule has 0 aliphatic heterocycles. The van der Waals surface area contributed by atoms with Crippen LogP contribution in [0.5, 0.6) is 11.6 Å². The smallest absolute Gasteiger partial charge is 0.390 e. The molecule has 0 spiro atoms. The zero-order valence-electron chi connectivity index (χ0n) is 20.7. The quantitative estimate of drug-likeness (QED) is 0.267. The maximum absolute atomic E-state index is 13.9. The number of halogens is 4. The normalized spacial score (nSPS) is 13.5. The maximum Gasteiger partial charge on any atom is 0.390 e. The molecule has 38 heavy (non-hydrogen) atoms. The van der Waals surface area contributed by atoms with E-state index in [1.54, 1.807) is 31.3 Å². The standard InChI is InChI=1S/C27H25F4N5O2/c1-15-9-18(28)12-20(10-15)38-24-13-22(32-8-7-27(29,30)31)25-33-14-23(36(25)35-24)17-3-6-21(16(2)11-17)26(37)34-19-4-5-19/h3,6,9-14,19,32H,4-5,7-8H2,1-2H3,(H,34,37). The second-order valence-corrected chi connectivity index (χ2v) is 9.41. The van der Waals surface area contributed by atoms with Crippen molar-refractivity contribution in [3.8, 4) is 22.9 Å². The van der Waals surface area contributed by atoms with Crippen LogP contribution in [0.25, 0.3) is 16.9 Å². The van der Waals surface area contributed by atoms with E-state index in [0.29, 0.717) is 22.4 Å². The van der Waals surface area contributed by atoms with E-state index in [1.165, 1.54) is 22.7 Å². The maximum atomic E-state index is 13.9. The van der Waals surface area contributed by atoms with Crippen LogP contribution in [0, 0.1) is 19.7 Å². The number of aromatic nitrogens is 3. The van der Waals surface area contributed by atoms with Crippen LogP contribution in [-0.2, 0) is 0 Å². The van der Waals surface area contributed by atoms with Gasteiger partial charge >= 0.3 is 6.18 Å². The van der Waals surface area contributed by atoms with E-state index < -0.39 is 18.4 Å². The van der Waals surface area contributed by atoms with Gasteiger partial charge in [-0.3, -0.25) is 4.79 Å². The van der Waals surface area contributed by atoms with Gasteiger partial charge in [0.05, 0.1) is 24.0 Å². The van der Waals surface area contributed by atoms with E-state index in [1.807, 2.05) is 13.0 Å². The van der Waals surface area contributed by atoms with Crippen molar-refractivity contribution in [2.24, 2.45) is 0 Å². The minimum atomic E-state index is -4.33. The van der Waals surface area contributed by atoms with Gasteiger partial charge in [-0.2, -0.15) is 13.2 Å². The summed E-state index contributed by atoms with van der Waals surface area (Å²) in [6.07, 6.45) is -1.87. The molecule has 1 aliphatic carbocycles. The van der Waals surface area contributed by atoms with Gasteiger partial charge < -0.3 is 15.4 Å². The highest BCUT2D eigenvalue weighted by Gasteiger charge is 2.27. The number of amides is 1. The topological polar surface area (TPSA) is 80.5 Å². The predicted octanol–water partition coefficient (Wildman–Crippen LogP) is 6.20. The lowest BCUT2D eigenvalue weighted by atomic mass is 10.0. The first kappa shape index (κ1) is 25.5. The van der Waals surface area contributed by atoms with Crippen molar-refractivity contribution in [2.75, 3.05) is 11.9 Å². The predicted molar refractivity (Wildman–Crippen MR) is 134 cm³/mol. The third-order valence-corrected chi connectivity index (χ3v) is 6.09. The van der Waals surface area contributed by atoms with Crippen LogP contribution in [0.4, 0.5) is 23.2 Å². The summed E-state index contributed by atoms with van der Waals surface area (Å²) in [7, 11) is 0. The number of aryl methyl sites for hydroxylation is 2. The molecule has 0 radical (unpaired) electrons. The van der Waals surface area contributed by atoms with Gasteiger partial charge in [-0.1, -0.05) is 6.07 Å². The lowest BCUT2D eigenvalue weighted by molar-refractivity contribution is -0.131. The number of nitrogens with zero attached hydrogens (tertiary/aromatic N) is 3. The Balaban J connectivity index is 1.52.